The van der Waals surface area contributed by atoms with Crippen LogP contribution in [0.1, 0.15) is 44.5 Å². The van der Waals surface area contributed by atoms with E-state index in [9.17, 15) is 0 Å². The number of hydrogen-bond acceptors (Lipinski definition) is 3. The third-order valence-electron chi connectivity index (χ3n) is 6.40. The number of rotatable bonds is 3. The van der Waals surface area contributed by atoms with E-state index in [-0.39, 0.29) is 24.8 Å². The quantitative estimate of drug-likeness (QED) is 0.729. The van der Waals surface area contributed by atoms with E-state index >= 15 is 0 Å². The normalized spacial score (nSPS) is 22.7. The summed E-state index contributed by atoms with van der Waals surface area (Å²) in [5.74, 6) is 0.954. The number of aromatic nitrogens is 1. The fraction of sp³-hybridized carbons (Fsp3) is 0.619. The second kappa shape index (κ2) is 8.60. The van der Waals surface area contributed by atoms with E-state index in [0.717, 1.165) is 18.8 Å². The smallest absolute Gasteiger partial charge is 0.119 e. The van der Waals surface area contributed by atoms with E-state index < -0.39 is 0 Å². The van der Waals surface area contributed by atoms with Crippen LogP contribution in [0.15, 0.2) is 18.2 Å². The summed E-state index contributed by atoms with van der Waals surface area (Å²) >= 11 is 0. The second-order valence-electron chi connectivity index (χ2n) is 7.81. The Kier molecular flexibility index (Phi) is 7.12. The molecule has 0 amide bonds. The molecule has 6 heteroatoms. The average molecular weight is 414 g/mol. The lowest BCUT2D eigenvalue weighted by atomic mass is 9.89. The van der Waals surface area contributed by atoms with Crippen LogP contribution < -0.4 is 4.74 Å². The molecule has 4 nitrogen and oxygen atoms in total. The minimum atomic E-state index is 0. The first kappa shape index (κ1) is 22.4. The molecule has 2 unspecified atom stereocenters. The predicted molar refractivity (Wildman–Crippen MR) is 118 cm³/mol. The number of fused-ring (bicyclic) bond motifs is 5. The fourth-order valence-electron chi connectivity index (χ4n) is 5.18. The number of benzene rings is 1. The molecule has 0 N–H and O–H groups in total. The van der Waals surface area contributed by atoms with Crippen LogP contribution in [0.4, 0.5) is 0 Å². The monoisotopic (exact) mass is 413 g/mol. The average Bonchev–Trinajstić information content (AvgIpc) is 2.92. The van der Waals surface area contributed by atoms with E-state index in [0.29, 0.717) is 18.1 Å². The fourth-order valence-corrected chi connectivity index (χ4v) is 5.18. The van der Waals surface area contributed by atoms with Gasteiger partial charge in [-0.3, -0.25) is 9.80 Å². The maximum Gasteiger partial charge on any atom is 0.119 e. The zero-order valence-corrected chi connectivity index (χ0v) is 18.7. The van der Waals surface area contributed by atoms with Crippen LogP contribution in [0, 0.1) is 6.92 Å². The molecule has 1 aromatic heterocycles. The molecule has 2 aliphatic rings. The van der Waals surface area contributed by atoms with E-state index in [2.05, 4.69) is 60.3 Å². The second-order valence-corrected chi connectivity index (χ2v) is 7.81. The van der Waals surface area contributed by atoms with E-state index in [1.54, 1.807) is 7.11 Å². The Bertz CT molecular complexity index is 789. The summed E-state index contributed by atoms with van der Waals surface area (Å²) in [6, 6.07) is 8.30. The molecule has 2 aromatic rings. The molecule has 152 valence electrons. The lowest BCUT2D eigenvalue weighted by Gasteiger charge is -2.51. The van der Waals surface area contributed by atoms with Crippen molar-refractivity contribution < 1.29 is 4.74 Å². The maximum absolute atomic E-state index is 5.48. The molecular formula is C21H33Cl2N3O. The number of methoxy groups -OCH3 is 1. The van der Waals surface area contributed by atoms with E-state index in [1.807, 2.05) is 0 Å². The number of aryl methyl sites for hydroxylation is 2. The lowest BCUT2D eigenvalue weighted by molar-refractivity contribution is -0.0151. The van der Waals surface area contributed by atoms with Crippen molar-refractivity contribution in [1.29, 1.82) is 0 Å². The molecule has 4 rings (SSSR count). The third-order valence-corrected chi connectivity index (χ3v) is 6.40. The van der Waals surface area contributed by atoms with Crippen LogP contribution in [-0.2, 0) is 6.54 Å². The van der Waals surface area contributed by atoms with Gasteiger partial charge in [0.25, 0.3) is 0 Å². The van der Waals surface area contributed by atoms with Gasteiger partial charge in [0, 0.05) is 48.3 Å². The summed E-state index contributed by atoms with van der Waals surface area (Å²) in [7, 11) is 1.75. The highest BCUT2D eigenvalue weighted by molar-refractivity contribution is 5.87. The van der Waals surface area contributed by atoms with Crippen LogP contribution in [0.5, 0.6) is 5.75 Å². The summed E-state index contributed by atoms with van der Waals surface area (Å²) < 4.78 is 8.06. The molecule has 2 aliphatic heterocycles. The van der Waals surface area contributed by atoms with Gasteiger partial charge in [-0.1, -0.05) is 6.92 Å². The molecule has 0 aliphatic carbocycles. The molecule has 3 heterocycles. The van der Waals surface area contributed by atoms with Gasteiger partial charge in [-0.15, -0.1) is 24.8 Å². The number of ether oxygens (including phenoxy) is 1. The summed E-state index contributed by atoms with van der Waals surface area (Å²) in [5, 5.41) is 1.35. The van der Waals surface area contributed by atoms with Gasteiger partial charge >= 0.3 is 0 Å². The third kappa shape index (κ3) is 3.46. The highest BCUT2D eigenvalue weighted by Crippen LogP contribution is 2.43. The Morgan fingerprint density at radius 2 is 1.89 bits per heavy atom. The van der Waals surface area contributed by atoms with Crippen molar-refractivity contribution in [1.82, 2.24) is 14.4 Å². The molecule has 0 bridgehead atoms. The standard InChI is InChI=1S/C21H31N3O.2ClH/c1-6-22-11-12-23(14(2)3)19-9-10-24-18-8-7-16(25-5)13-17(18)15(4)20(24)21(19)22;;/h7-8,13-14,19,21H,6,9-12H2,1-5H3;2*1H. The van der Waals surface area contributed by atoms with Gasteiger partial charge < -0.3 is 9.30 Å². The van der Waals surface area contributed by atoms with Gasteiger partial charge in [0.1, 0.15) is 5.75 Å². The molecule has 0 spiro atoms. The molecule has 27 heavy (non-hydrogen) atoms. The molecule has 0 radical (unpaired) electrons. The first-order valence-corrected chi connectivity index (χ1v) is 9.73. The van der Waals surface area contributed by atoms with Gasteiger partial charge in [-0.2, -0.15) is 0 Å². The van der Waals surface area contributed by atoms with E-state index in [1.165, 1.54) is 41.7 Å². The van der Waals surface area contributed by atoms with Crippen molar-refractivity contribution in [3.05, 3.63) is 29.5 Å². The molecule has 1 fully saturated rings. The lowest BCUT2D eigenvalue weighted by Crippen LogP contribution is -2.58. The van der Waals surface area contributed by atoms with Gasteiger partial charge in [0.05, 0.1) is 13.2 Å². The molecule has 2 atom stereocenters. The summed E-state index contributed by atoms with van der Waals surface area (Å²) in [6.07, 6.45) is 1.24. The number of nitrogens with zero attached hydrogens (tertiary/aromatic N) is 3. The van der Waals surface area contributed by atoms with Crippen molar-refractivity contribution in [3.63, 3.8) is 0 Å². The minimum Gasteiger partial charge on any atom is -0.497 e. The molecule has 1 saturated heterocycles. The SMILES string of the molecule is CCN1CCN(C(C)C)C2CCn3c(c(C)c4cc(OC)ccc43)C21.Cl.Cl. The van der Waals surface area contributed by atoms with Crippen molar-refractivity contribution in [2.75, 3.05) is 26.7 Å². The molecule has 1 aromatic carbocycles. The van der Waals surface area contributed by atoms with Crippen LogP contribution in [0.2, 0.25) is 0 Å². The van der Waals surface area contributed by atoms with Crippen LogP contribution in [0.3, 0.4) is 0 Å². The highest BCUT2D eigenvalue weighted by atomic mass is 35.5. The first-order chi connectivity index (χ1) is 12.1. The highest BCUT2D eigenvalue weighted by Gasteiger charge is 2.42. The van der Waals surface area contributed by atoms with Gasteiger partial charge in [-0.05, 0) is 57.5 Å². The number of halogens is 2. The van der Waals surface area contributed by atoms with Gasteiger partial charge in [-0.25, -0.2) is 0 Å². The largest absolute Gasteiger partial charge is 0.497 e. The Balaban J connectivity index is 0.00000131. The zero-order valence-electron chi connectivity index (χ0n) is 17.1. The summed E-state index contributed by atoms with van der Waals surface area (Å²) in [5.41, 5.74) is 4.34. The Hall–Kier alpha value is -0.940. The van der Waals surface area contributed by atoms with Crippen molar-refractivity contribution in [2.45, 2.75) is 58.8 Å². The first-order valence-electron chi connectivity index (χ1n) is 9.73. The number of piperazine rings is 1. The van der Waals surface area contributed by atoms with Crippen LogP contribution in [0.25, 0.3) is 10.9 Å². The number of hydrogen-bond donors (Lipinski definition) is 0. The van der Waals surface area contributed by atoms with Crippen molar-refractivity contribution >= 4 is 35.7 Å². The Morgan fingerprint density at radius 1 is 1.15 bits per heavy atom. The number of likely N-dealkylation sites (N-methyl/N-ethyl adjacent to an activating group) is 1. The van der Waals surface area contributed by atoms with Gasteiger partial charge in [0.2, 0.25) is 0 Å². The molecular weight excluding hydrogens is 381 g/mol. The van der Waals surface area contributed by atoms with Crippen molar-refractivity contribution in [2.24, 2.45) is 0 Å². The Morgan fingerprint density at radius 3 is 2.52 bits per heavy atom. The predicted octanol–water partition coefficient (Wildman–Crippen LogP) is 4.66. The minimum absolute atomic E-state index is 0. The van der Waals surface area contributed by atoms with Crippen LogP contribution in [-0.4, -0.2) is 53.2 Å². The maximum atomic E-state index is 5.48. The van der Waals surface area contributed by atoms with Crippen LogP contribution >= 0.6 is 24.8 Å². The van der Waals surface area contributed by atoms with Crippen molar-refractivity contribution in [3.8, 4) is 5.75 Å². The zero-order chi connectivity index (χ0) is 17.7. The summed E-state index contributed by atoms with van der Waals surface area (Å²) in [4.78, 5) is 5.43. The molecule has 0 saturated carbocycles. The van der Waals surface area contributed by atoms with Gasteiger partial charge in [0.15, 0.2) is 0 Å². The topological polar surface area (TPSA) is 20.6 Å². The Labute approximate surface area is 175 Å². The van der Waals surface area contributed by atoms with E-state index in [4.69, 9.17) is 4.74 Å². The summed E-state index contributed by atoms with van der Waals surface area (Å²) in [6.45, 7) is 13.9.